The Labute approximate surface area is 141 Å². The summed E-state index contributed by atoms with van der Waals surface area (Å²) in [6, 6.07) is 6.42. The first-order valence-corrected chi connectivity index (χ1v) is 8.27. The van der Waals surface area contributed by atoms with Gasteiger partial charge in [-0.2, -0.15) is 5.10 Å². The van der Waals surface area contributed by atoms with Gasteiger partial charge in [0.05, 0.1) is 12.7 Å². The molecule has 24 heavy (non-hydrogen) atoms. The number of aromatic nitrogens is 2. The fourth-order valence-corrected chi connectivity index (χ4v) is 3.03. The van der Waals surface area contributed by atoms with Gasteiger partial charge in [0.15, 0.2) is 0 Å². The lowest BCUT2D eigenvalue weighted by molar-refractivity contribution is -0.126. The fourth-order valence-electron chi connectivity index (χ4n) is 3.03. The topological polar surface area (TPSA) is 59.0 Å². The molecule has 3 rings (SSSR count). The zero-order valence-electron chi connectivity index (χ0n) is 14.1. The van der Waals surface area contributed by atoms with E-state index >= 15 is 0 Å². The number of carbonyl (C=O) groups is 1. The van der Waals surface area contributed by atoms with E-state index in [1.807, 2.05) is 19.9 Å². The van der Waals surface area contributed by atoms with Gasteiger partial charge in [-0.1, -0.05) is 19.1 Å². The van der Waals surface area contributed by atoms with Crippen LogP contribution in [0.3, 0.4) is 0 Å². The number of nitrogens with one attached hydrogen (secondary N) is 2. The number of hydrogen-bond acceptors (Lipinski definition) is 3. The smallest absolute Gasteiger partial charge is 0.231 e. The SMILES string of the molecule is Cc1cnn(Cc2cccc(F)c2)c1NC(=O)C1(C)CCNCC1. The highest BCUT2D eigenvalue weighted by molar-refractivity contribution is 5.95. The molecule has 0 saturated carbocycles. The van der Waals surface area contributed by atoms with Crippen LogP contribution >= 0.6 is 0 Å². The summed E-state index contributed by atoms with van der Waals surface area (Å²) in [5.41, 5.74) is 1.34. The molecular weight excluding hydrogens is 307 g/mol. The number of amides is 1. The summed E-state index contributed by atoms with van der Waals surface area (Å²) in [5, 5.41) is 10.7. The molecule has 1 aliphatic rings. The first kappa shape index (κ1) is 16.6. The quantitative estimate of drug-likeness (QED) is 0.906. The van der Waals surface area contributed by atoms with Crippen molar-refractivity contribution in [3.8, 4) is 0 Å². The number of hydrogen-bond donors (Lipinski definition) is 2. The fraction of sp³-hybridized carbons (Fsp3) is 0.444. The lowest BCUT2D eigenvalue weighted by atomic mass is 9.80. The van der Waals surface area contributed by atoms with Gasteiger partial charge in [0.2, 0.25) is 5.91 Å². The summed E-state index contributed by atoms with van der Waals surface area (Å²) in [6.07, 6.45) is 3.35. The van der Waals surface area contributed by atoms with Crippen molar-refractivity contribution < 1.29 is 9.18 Å². The van der Waals surface area contributed by atoms with Crippen molar-refractivity contribution in [1.82, 2.24) is 15.1 Å². The third-order valence-corrected chi connectivity index (χ3v) is 4.73. The summed E-state index contributed by atoms with van der Waals surface area (Å²) in [6.45, 7) is 6.04. The molecule has 1 saturated heterocycles. The van der Waals surface area contributed by atoms with Gasteiger partial charge < -0.3 is 10.6 Å². The molecule has 1 aromatic carbocycles. The lowest BCUT2D eigenvalue weighted by Gasteiger charge is -2.32. The zero-order chi connectivity index (χ0) is 17.2. The predicted molar refractivity (Wildman–Crippen MR) is 91.3 cm³/mol. The van der Waals surface area contributed by atoms with Crippen LogP contribution in [-0.2, 0) is 11.3 Å². The number of aryl methyl sites for hydroxylation is 1. The van der Waals surface area contributed by atoms with Crippen LogP contribution in [0.15, 0.2) is 30.5 Å². The largest absolute Gasteiger partial charge is 0.317 e. The molecule has 0 unspecified atom stereocenters. The van der Waals surface area contributed by atoms with Gasteiger partial charge in [0, 0.05) is 11.0 Å². The average Bonchev–Trinajstić information content (AvgIpc) is 2.89. The molecule has 128 valence electrons. The van der Waals surface area contributed by atoms with E-state index in [1.54, 1.807) is 16.9 Å². The van der Waals surface area contributed by atoms with Crippen LogP contribution in [0.25, 0.3) is 0 Å². The van der Waals surface area contributed by atoms with Crippen molar-refractivity contribution in [3.05, 3.63) is 47.4 Å². The van der Waals surface area contributed by atoms with Crippen molar-refractivity contribution in [1.29, 1.82) is 0 Å². The number of benzene rings is 1. The van der Waals surface area contributed by atoms with Crippen LogP contribution in [0.5, 0.6) is 0 Å². The molecule has 2 aromatic rings. The molecule has 1 amide bonds. The lowest BCUT2D eigenvalue weighted by Crippen LogP contribution is -2.43. The monoisotopic (exact) mass is 330 g/mol. The summed E-state index contributed by atoms with van der Waals surface area (Å²) in [4.78, 5) is 12.8. The Balaban J connectivity index is 1.78. The van der Waals surface area contributed by atoms with Gasteiger partial charge in [-0.25, -0.2) is 9.07 Å². The molecule has 1 aliphatic heterocycles. The van der Waals surface area contributed by atoms with Gasteiger partial charge in [0.1, 0.15) is 11.6 Å². The van der Waals surface area contributed by atoms with Crippen molar-refractivity contribution in [2.24, 2.45) is 5.41 Å². The summed E-state index contributed by atoms with van der Waals surface area (Å²) in [5.74, 6) is 0.432. The second-order valence-corrected chi connectivity index (χ2v) is 6.73. The highest BCUT2D eigenvalue weighted by Crippen LogP contribution is 2.30. The molecule has 0 bridgehead atoms. The van der Waals surface area contributed by atoms with Crippen LogP contribution in [0.2, 0.25) is 0 Å². The maximum absolute atomic E-state index is 13.4. The van der Waals surface area contributed by atoms with E-state index in [2.05, 4.69) is 15.7 Å². The standard InChI is InChI=1S/C18H23FN4O/c1-13-11-21-23(12-14-4-3-5-15(19)10-14)16(13)22-17(24)18(2)6-8-20-9-7-18/h3-5,10-11,20H,6-9,12H2,1-2H3,(H,22,24). The van der Waals surface area contributed by atoms with Crippen LogP contribution in [-0.4, -0.2) is 28.8 Å². The Morgan fingerprint density at radius 1 is 1.42 bits per heavy atom. The number of halogens is 1. The molecule has 2 heterocycles. The van der Waals surface area contributed by atoms with E-state index in [0.717, 1.165) is 37.1 Å². The van der Waals surface area contributed by atoms with Gasteiger partial charge >= 0.3 is 0 Å². The molecule has 0 aliphatic carbocycles. The van der Waals surface area contributed by atoms with Gasteiger partial charge in [0.25, 0.3) is 0 Å². The van der Waals surface area contributed by atoms with Crippen LogP contribution < -0.4 is 10.6 Å². The molecule has 1 fully saturated rings. The number of piperidine rings is 1. The van der Waals surface area contributed by atoms with Crippen molar-refractivity contribution >= 4 is 11.7 Å². The molecule has 2 N–H and O–H groups in total. The summed E-state index contributed by atoms with van der Waals surface area (Å²) < 4.78 is 15.1. The Bertz CT molecular complexity index is 734. The minimum atomic E-state index is -0.369. The third-order valence-electron chi connectivity index (χ3n) is 4.73. The Morgan fingerprint density at radius 3 is 2.88 bits per heavy atom. The first-order valence-electron chi connectivity index (χ1n) is 8.27. The Morgan fingerprint density at radius 2 is 2.17 bits per heavy atom. The minimum absolute atomic E-state index is 0.0214. The normalized spacial score (nSPS) is 16.8. The predicted octanol–water partition coefficient (Wildman–Crippen LogP) is 2.71. The molecule has 0 spiro atoms. The molecule has 0 radical (unpaired) electrons. The van der Waals surface area contributed by atoms with E-state index in [0.29, 0.717) is 12.4 Å². The minimum Gasteiger partial charge on any atom is -0.317 e. The van der Waals surface area contributed by atoms with Crippen LogP contribution in [0, 0.1) is 18.2 Å². The highest BCUT2D eigenvalue weighted by atomic mass is 19.1. The average molecular weight is 330 g/mol. The maximum Gasteiger partial charge on any atom is 0.231 e. The summed E-state index contributed by atoms with van der Waals surface area (Å²) in [7, 11) is 0. The van der Waals surface area contributed by atoms with Crippen LogP contribution in [0.4, 0.5) is 10.2 Å². The van der Waals surface area contributed by atoms with E-state index in [4.69, 9.17) is 0 Å². The molecule has 5 nitrogen and oxygen atoms in total. The van der Waals surface area contributed by atoms with E-state index in [9.17, 15) is 9.18 Å². The number of anilines is 1. The number of carbonyl (C=O) groups excluding carboxylic acids is 1. The van der Waals surface area contributed by atoms with E-state index in [1.165, 1.54) is 12.1 Å². The molecule has 0 atom stereocenters. The second kappa shape index (κ2) is 6.73. The number of nitrogens with zero attached hydrogens (tertiary/aromatic N) is 2. The van der Waals surface area contributed by atoms with Crippen LogP contribution in [0.1, 0.15) is 30.9 Å². The second-order valence-electron chi connectivity index (χ2n) is 6.73. The maximum atomic E-state index is 13.4. The van der Waals surface area contributed by atoms with Gasteiger partial charge in [-0.05, 0) is 50.6 Å². The third kappa shape index (κ3) is 3.48. The summed E-state index contributed by atoms with van der Waals surface area (Å²) >= 11 is 0. The van der Waals surface area contributed by atoms with Gasteiger partial charge in [-0.3, -0.25) is 4.79 Å². The Kier molecular flexibility index (Phi) is 4.66. The molecule has 6 heteroatoms. The van der Waals surface area contributed by atoms with E-state index < -0.39 is 0 Å². The first-order chi connectivity index (χ1) is 11.5. The van der Waals surface area contributed by atoms with Crippen molar-refractivity contribution in [3.63, 3.8) is 0 Å². The van der Waals surface area contributed by atoms with Crippen molar-refractivity contribution in [2.45, 2.75) is 33.2 Å². The molecule has 1 aromatic heterocycles. The molecular formula is C18H23FN4O. The van der Waals surface area contributed by atoms with Crippen molar-refractivity contribution in [2.75, 3.05) is 18.4 Å². The Hall–Kier alpha value is -2.21. The van der Waals surface area contributed by atoms with Gasteiger partial charge in [-0.15, -0.1) is 0 Å². The number of rotatable bonds is 4. The van der Waals surface area contributed by atoms with E-state index in [-0.39, 0.29) is 17.1 Å². The zero-order valence-corrected chi connectivity index (χ0v) is 14.1. The highest BCUT2D eigenvalue weighted by Gasteiger charge is 2.35.